The number of carbonyl (C=O) groups excluding carboxylic acids is 1. The van der Waals surface area contributed by atoms with Crippen molar-refractivity contribution in [3.8, 4) is 0 Å². The lowest BCUT2D eigenvalue weighted by Gasteiger charge is -2.33. The Hall–Kier alpha value is -2.67. The van der Waals surface area contributed by atoms with Crippen molar-refractivity contribution in [1.82, 2.24) is 14.9 Å². The fourth-order valence-electron chi connectivity index (χ4n) is 2.90. The second-order valence-corrected chi connectivity index (χ2v) is 6.37. The largest absolute Gasteiger partial charge is 0.462 e. The molecule has 1 aliphatic heterocycles. The molecule has 2 heterocycles. The van der Waals surface area contributed by atoms with Crippen molar-refractivity contribution in [1.29, 1.82) is 0 Å². The lowest BCUT2D eigenvalue weighted by molar-refractivity contribution is 0.0527. The van der Waals surface area contributed by atoms with E-state index in [0.717, 1.165) is 37.7 Å². The van der Waals surface area contributed by atoms with Crippen LogP contribution >= 0.6 is 0 Å². The van der Waals surface area contributed by atoms with Crippen molar-refractivity contribution in [3.63, 3.8) is 0 Å². The Morgan fingerprint density at radius 2 is 1.92 bits per heavy atom. The van der Waals surface area contributed by atoms with Gasteiger partial charge in [0.05, 0.1) is 17.9 Å². The summed E-state index contributed by atoms with van der Waals surface area (Å²) in [4.78, 5) is 25.8. The quantitative estimate of drug-likeness (QED) is 0.826. The van der Waals surface area contributed by atoms with Crippen molar-refractivity contribution in [2.45, 2.75) is 13.8 Å². The Labute approximate surface area is 154 Å². The molecule has 7 heteroatoms. The van der Waals surface area contributed by atoms with Crippen molar-refractivity contribution in [2.24, 2.45) is 0 Å². The molecule has 0 spiro atoms. The highest BCUT2D eigenvalue weighted by molar-refractivity contribution is 5.96. The Balaban J connectivity index is 1.84. The van der Waals surface area contributed by atoms with Crippen LogP contribution in [0, 0.1) is 6.92 Å². The van der Waals surface area contributed by atoms with Gasteiger partial charge in [0.2, 0.25) is 5.95 Å². The molecule has 1 aliphatic rings. The third-order valence-electron chi connectivity index (χ3n) is 4.34. The Morgan fingerprint density at radius 3 is 2.65 bits per heavy atom. The summed E-state index contributed by atoms with van der Waals surface area (Å²) in [6, 6.07) is 9.23. The van der Waals surface area contributed by atoms with Crippen LogP contribution in [0.15, 0.2) is 30.3 Å². The van der Waals surface area contributed by atoms with Crippen LogP contribution < -0.4 is 10.2 Å². The topological polar surface area (TPSA) is 70.6 Å². The van der Waals surface area contributed by atoms with Gasteiger partial charge in [-0.2, -0.15) is 4.98 Å². The number of para-hydroxylation sites is 1. The number of anilines is 3. The first-order valence-electron chi connectivity index (χ1n) is 8.89. The van der Waals surface area contributed by atoms with Gasteiger partial charge in [0.25, 0.3) is 0 Å². The van der Waals surface area contributed by atoms with E-state index in [2.05, 4.69) is 32.1 Å². The first-order chi connectivity index (χ1) is 12.6. The predicted octanol–water partition coefficient (Wildman–Crippen LogP) is 2.46. The summed E-state index contributed by atoms with van der Waals surface area (Å²) in [5.41, 5.74) is 1.99. The van der Waals surface area contributed by atoms with Gasteiger partial charge in [0.15, 0.2) is 0 Å². The summed E-state index contributed by atoms with van der Waals surface area (Å²) < 4.78 is 5.13. The summed E-state index contributed by atoms with van der Waals surface area (Å²) in [7, 11) is 2.13. The summed E-state index contributed by atoms with van der Waals surface area (Å²) in [6.07, 6.45) is 0. The van der Waals surface area contributed by atoms with Gasteiger partial charge >= 0.3 is 5.97 Å². The first-order valence-corrected chi connectivity index (χ1v) is 8.89. The summed E-state index contributed by atoms with van der Waals surface area (Å²) in [6.45, 7) is 7.97. The SMILES string of the molecule is CCOC(=O)c1ccccc1Nc1nc(C)cc(N2CCN(C)CC2)n1. The molecule has 1 N–H and O–H groups in total. The first kappa shape index (κ1) is 18.1. The van der Waals surface area contributed by atoms with E-state index < -0.39 is 0 Å². The number of esters is 1. The Kier molecular flexibility index (Phi) is 5.68. The highest BCUT2D eigenvalue weighted by Crippen LogP contribution is 2.22. The number of piperazine rings is 1. The van der Waals surface area contributed by atoms with Crippen LogP contribution in [-0.2, 0) is 4.74 Å². The molecule has 1 fully saturated rings. The average molecular weight is 355 g/mol. The highest BCUT2D eigenvalue weighted by atomic mass is 16.5. The summed E-state index contributed by atoms with van der Waals surface area (Å²) in [5.74, 6) is 1.03. The van der Waals surface area contributed by atoms with E-state index in [1.807, 2.05) is 31.2 Å². The summed E-state index contributed by atoms with van der Waals surface area (Å²) in [5, 5.41) is 3.18. The minimum atomic E-state index is -0.359. The predicted molar refractivity (Wildman–Crippen MR) is 102 cm³/mol. The molecular formula is C19H25N5O2. The van der Waals surface area contributed by atoms with E-state index in [4.69, 9.17) is 4.74 Å². The maximum atomic E-state index is 12.2. The second-order valence-electron chi connectivity index (χ2n) is 6.37. The fraction of sp³-hybridized carbons (Fsp3) is 0.421. The zero-order valence-corrected chi connectivity index (χ0v) is 15.5. The number of nitrogens with zero attached hydrogens (tertiary/aromatic N) is 4. The van der Waals surface area contributed by atoms with Crippen LogP contribution in [-0.4, -0.2) is 60.7 Å². The molecule has 2 aromatic rings. The molecule has 26 heavy (non-hydrogen) atoms. The Bertz CT molecular complexity index is 772. The van der Waals surface area contributed by atoms with E-state index in [-0.39, 0.29) is 5.97 Å². The molecule has 1 saturated heterocycles. The average Bonchev–Trinajstić information content (AvgIpc) is 2.62. The summed E-state index contributed by atoms with van der Waals surface area (Å²) >= 11 is 0. The molecule has 0 radical (unpaired) electrons. The number of ether oxygens (including phenoxy) is 1. The number of hydrogen-bond donors (Lipinski definition) is 1. The van der Waals surface area contributed by atoms with Crippen molar-refractivity contribution in [3.05, 3.63) is 41.6 Å². The van der Waals surface area contributed by atoms with Gasteiger partial charge in [-0.05, 0) is 33.0 Å². The maximum Gasteiger partial charge on any atom is 0.340 e. The van der Waals surface area contributed by atoms with Gasteiger partial charge in [-0.3, -0.25) is 0 Å². The number of aromatic nitrogens is 2. The van der Waals surface area contributed by atoms with Gasteiger partial charge in [0.1, 0.15) is 5.82 Å². The number of likely N-dealkylation sites (N-methyl/N-ethyl adjacent to an activating group) is 1. The third-order valence-corrected chi connectivity index (χ3v) is 4.34. The maximum absolute atomic E-state index is 12.2. The van der Waals surface area contributed by atoms with Crippen LogP contribution in [0.4, 0.5) is 17.5 Å². The van der Waals surface area contributed by atoms with Gasteiger partial charge in [0, 0.05) is 37.9 Å². The molecule has 0 bridgehead atoms. The number of nitrogens with one attached hydrogen (secondary N) is 1. The molecule has 0 saturated carbocycles. The molecule has 1 aromatic heterocycles. The number of hydrogen-bond acceptors (Lipinski definition) is 7. The van der Waals surface area contributed by atoms with Crippen molar-refractivity contribution >= 4 is 23.4 Å². The normalized spacial score (nSPS) is 15.0. The van der Waals surface area contributed by atoms with Gasteiger partial charge < -0.3 is 19.9 Å². The van der Waals surface area contributed by atoms with Crippen molar-refractivity contribution < 1.29 is 9.53 Å². The minimum Gasteiger partial charge on any atom is -0.462 e. The van der Waals surface area contributed by atoms with Crippen LogP contribution in [0.3, 0.4) is 0 Å². The van der Waals surface area contributed by atoms with E-state index in [1.54, 1.807) is 13.0 Å². The highest BCUT2D eigenvalue weighted by Gasteiger charge is 2.18. The number of carbonyl (C=O) groups is 1. The van der Waals surface area contributed by atoms with Crippen molar-refractivity contribution in [2.75, 3.05) is 50.1 Å². The monoisotopic (exact) mass is 355 g/mol. The van der Waals surface area contributed by atoms with E-state index >= 15 is 0 Å². The zero-order chi connectivity index (χ0) is 18.5. The molecule has 0 aliphatic carbocycles. The Morgan fingerprint density at radius 1 is 1.19 bits per heavy atom. The molecule has 0 atom stereocenters. The van der Waals surface area contributed by atoms with Gasteiger partial charge in [-0.15, -0.1) is 0 Å². The van der Waals surface area contributed by atoms with Crippen LogP contribution in [0.1, 0.15) is 23.0 Å². The van der Waals surface area contributed by atoms with Crippen LogP contribution in [0.25, 0.3) is 0 Å². The molecule has 138 valence electrons. The molecular weight excluding hydrogens is 330 g/mol. The molecule has 3 rings (SSSR count). The number of aryl methyl sites for hydroxylation is 1. The smallest absolute Gasteiger partial charge is 0.340 e. The van der Waals surface area contributed by atoms with Gasteiger partial charge in [-0.1, -0.05) is 12.1 Å². The van der Waals surface area contributed by atoms with Crippen LogP contribution in [0.5, 0.6) is 0 Å². The molecule has 0 unspecified atom stereocenters. The van der Waals surface area contributed by atoms with E-state index in [9.17, 15) is 4.79 Å². The second kappa shape index (κ2) is 8.14. The fourth-order valence-corrected chi connectivity index (χ4v) is 2.90. The van der Waals surface area contributed by atoms with Gasteiger partial charge in [-0.25, -0.2) is 9.78 Å². The number of benzene rings is 1. The molecule has 1 aromatic carbocycles. The molecule has 0 amide bonds. The standard InChI is InChI=1S/C19H25N5O2/c1-4-26-18(25)15-7-5-6-8-16(15)21-19-20-14(2)13-17(22-19)24-11-9-23(3)10-12-24/h5-8,13H,4,9-12H2,1-3H3,(H,20,21,22). The van der Waals surface area contributed by atoms with E-state index in [1.165, 1.54) is 0 Å². The lowest BCUT2D eigenvalue weighted by atomic mass is 10.2. The van der Waals surface area contributed by atoms with E-state index in [0.29, 0.717) is 23.8 Å². The lowest BCUT2D eigenvalue weighted by Crippen LogP contribution is -2.44. The number of rotatable bonds is 5. The third kappa shape index (κ3) is 4.29. The molecule has 7 nitrogen and oxygen atoms in total. The zero-order valence-electron chi connectivity index (χ0n) is 15.5. The minimum absolute atomic E-state index is 0.335. The van der Waals surface area contributed by atoms with Crippen LogP contribution in [0.2, 0.25) is 0 Å².